The van der Waals surface area contributed by atoms with Crippen molar-refractivity contribution < 1.29 is 0 Å². The smallest absolute Gasteiger partial charge is 0.191 e. The molecule has 18 heavy (non-hydrogen) atoms. The first kappa shape index (κ1) is 11.1. The van der Waals surface area contributed by atoms with Crippen LogP contribution < -0.4 is 10.6 Å². The molecule has 2 heterocycles. The van der Waals surface area contributed by atoms with Gasteiger partial charge < -0.3 is 10.6 Å². The first-order valence-corrected chi connectivity index (χ1v) is 6.36. The first-order valence-electron chi connectivity index (χ1n) is 6.36. The molecule has 0 saturated heterocycles. The molecule has 1 aliphatic heterocycles. The number of aromatic nitrogens is 2. The number of aliphatic imine (C=N–C) groups is 1. The van der Waals surface area contributed by atoms with Crippen LogP contribution in [0.25, 0.3) is 10.9 Å². The van der Waals surface area contributed by atoms with Crippen LogP contribution in [-0.4, -0.2) is 35.4 Å². The van der Waals surface area contributed by atoms with Gasteiger partial charge in [-0.1, -0.05) is 18.2 Å². The third-order valence-electron chi connectivity index (χ3n) is 3.06. The first-order chi connectivity index (χ1) is 8.93. The van der Waals surface area contributed by atoms with Gasteiger partial charge in [-0.3, -0.25) is 9.67 Å². The van der Waals surface area contributed by atoms with Crippen molar-refractivity contribution in [1.82, 2.24) is 20.4 Å². The lowest BCUT2D eigenvalue weighted by Crippen LogP contribution is -2.34. The van der Waals surface area contributed by atoms with Crippen LogP contribution in [0.1, 0.15) is 6.42 Å². The van der Waals surface area contributed by atoms with E-state index >= 15 is 0 Å². The van der Waals surface area contributed by atoms with Gasteiger partial charge in [0.1, 0.15) is 0 Å². The van der Waals surface area contributed by atoms with Crippen molar-refractivity contribution in [1.29, 1.82) is 0 Å². The summed E-state index contributed by atoms with van der Waals surface area (Å²) >= 11 is 0. The number of nitrogens with one attached hydrogen (secondary N) is 2. The number of guanidine groups is 1. The van der Waals surface area contributed by atoms with Gasteiger partial charge >= 0.3 is 0 Å². The van der Waals surface area contributed by atoms with Crippen molar-refractivity contribution in [3.63, 3.8) is 0 Å². The van der Waals surface area contributed by atoms with Gasteiger partial charge in [-0.2, -0.15) is 5.10 Å². The van der Waals surface area contributed by atoms with Crippen molar-refractivity contribution >= 4 is 16.9 Å². The minimum absolute atomic E-state index is 0.881. The Morgan fingerprint density at radius 3 is 3.17 bits per heavy atom. The fraction of sp³-hybridized carbons (Fsp3) is 0.385. The summed E-state index contributed by atoms with van der Waals surface area (Å²) in [5, 5.41) is 12.1. The van der Waals surface area contributed by atoms with Crippen molar-refractivity contribution in [2.45, 2.75) is 13.0 Å². The molecule has 94 valence electrons. The van der Waals surface area contributed by atoms with Crippen molar-refractivity contribution in [3.05, 3.63) is 30.5 Å². The lowest BCUT2D eigenvalue weighted by Gasteiger charge is -2.07. The molecule has 1 aliphatic rings. The normalized spacial score (nSPS) is 14.6. The molecule has 0 radical (unpaired) electrons. The quantitative estimate of drug-likeness (QED) is 0.787. The number of benzene rings is 1. The van der Waals surface area contributed by atoms with Gasteiger partial charge in [-0.25, -0.2) is 0 Å². The second kappa shape index (κ2) is 5.08. The van der Waals surface area contributed by atoms with Gasteiger partial charge in [0.25, 0.3) is 0 Å². The summed E-state index contributed by atoms with van der Waals surface area (Å²) in [6.45, 7) is 3.67. The SMILES string of the molecule is c1ccc2c(c1)cnn2CCCNC1=NCCN1. The molecule has 0 saturated carbocycles. The predicted molar refractivity (Wildman–Crippen MR) is 72.7 cm³/mol. The Morgan fingerprint density at radius 2 is 2.28 bits per heavy atom. The number of hydrogen-bond acceptors (Lipinski definition) is 4. The Hall–Kier alpha value is -2.04. The average molecular weight is 243 g/mol. The second-order valence-corrected chi connectivity index (χ2v) is 4.36. The monoisotopic (exact) mass is 243 g/mol. The van der Waals surface area contributed by atoms with Crippen LogP contribution in [-0.2, 0) is 6.54 Å². The molecule has 1 aromatic carbocycles. The fourth-order valence-corrected chi connectivity index (χ4v) is 2.16. The second-order valence-electron chi connectivity index (χ2n) is 4.36. The van der Waals surface area contributed by atoms with E-state index in [2.05, 4.69) is 43.6 Å². The van der Waals surface area contributed by atoms with Gasteiger partial charge in [0, 0.05) is 25.0 Å². The van der Waals surface area contributed by atoms with Crippen LogP contribution in [0.4, 0.5) is 0 Å². The highest BCUT2D eigenvalue weighted by molar-refractivity contribution is 5.81. The highest BCUT2D eigenvalue weighted by Gasteiger charge is 2.04. The number of nitrogens with zero attached hydrogens (tertiary/aromatic N) is 3. The Balaban J connectivity index is 1.53. The molecule has 2 N–H and O–H groups in total. The minimum atomic E-state index is 0.881. The Bertz CT molecular complexity index is 557. The summed E-state index contributed by atoms with van der Waals surface area (Å²) in [7, 11) is 0. The van der Waals surface area contributed by atoms with E-state index in [0.717, 1.165) is 38.6 Å². The molecular weight excluding hydrogens is 226 g/mol. The van der Waals surface area contributed by atoms with Crippen molar-refractivity contribution in [3.8, 4) is 0 Å². The molecule has 0 unspecified atom stereocenters. The summed E-state index contributed by atoms with van der Waals surface area (Å²) in [4.78, 5) is 4.29. The minimum Gasteiger partial charge on any atom is -0.356 e. The van der Waals surface area contributed by atoms with Crippen LogP contribution in [0.3, 0.4) is 0 Å². The summed E-state index contributed by atoms with van der Waals surface area (Å²) < 4.78 is 2.06. The molecule has 5 nitrogen and oxygen atoms in total. The van der Waals surface area contributed by atoms with Gasteiger partial charge in [0.15, 0.2) is 5.96 Å². The number of para-hydroxylation sites is 1. The topological polar surface area (TPSA) is 54.2 Å². The zero-order valence-corrected chi connectivity index (χ0v) is 10.3. The van der Waals surface area contributed by atoms with E-state index in [4.69, 9.17) is 0 Å². The summed E-state index contributed by atoms with van der Waals surface area (Å²) in [6, 6.07) is 8.29. The molecule has 0 bridgehead atoms. The molecule has 0 spiro atoms. The van der Waals surface area contributed by atoms with Crippen LogP contribution in [0, 0.1) is 0 Å². The van der Waals surface area contributed by atoms with E-state index < -0.39 is 0 Å². The molecule has 5 heteroatoms. The lowest BCUT2D eigenvalue weighted by atomic mass is 10.2. The Labute approximate surface area is 106 Å². The molecule has 1 aromatic heterocycles. The van der Waals surface area contributed by atoms with Gasteiger partial charge in [-0.15, -0.1) is 0 Å². The molecule has 0 aliphatic carbocycles. The molecule has 2 aromatic rings. The van der Waals surface area contributed by atoms with E-state index in [0.29, 0.717) is 0 Å². The maximum Gasteiger partial charge on any atom is 0.191 e. The summed E-state index contributed by atoms with van der Waals surface area (Å²) in [5.74, 6) is 0.931. The summed E-state index contributed by atoms with van der Waals surface area (Å²) in [6.07, 6.45) is 2.96. The zero-order valence-electron chi connectivity index (χ0n) is 10.3. The number of fused-ring (bicyclic) bond motifs is 1. The van der Waals surface area contributed by atoms with E-state index in [1.165, 1.54) is 10.9 Å². The maximum absolute atomic E-state index is 4.41. The fourth-order valence-electron chi connectivity index (χ4n) is 2.16. The zero-order chi connectivity index (χ0) is 12.2. The highest BCUT2D eigenvalue weighted by atomic mass is 15.3. The molecule has 3 rings (SSSR count). The van der Waals surface area contributed by atoms with Crippen molar-refractivity contribution in [2.24, 2.45) is 4.99 Å². The number of aryl methyl sites for hydroxylation is 1. The van der Waals surface area contributed by atoms with E-state index in [-0.39, 0.29) is 0 Å². The average Bonchev–Trinajstić information content (AvgIpc) is 3.04. The van der Waals surface area contributed by atoms with E-state index in [1.54, 1.807) is 0 Å². The van der Waals surface area contributed by atoms with Crippen LogP contribution >= 0.6 is 0 Å². The lowest BCUT2D eigenvalue weighted by molar-refractivity contribution is 0.587. The standard InChI is InChI=1S/C13H17N5/c1-2-5-12-11(4-1)10-17-18(12)9-3-6-14-13-15-7-8-16-13/h1-2,4-5,10H,3,6-9H2,(H2,14,15,16). The summed E-state index contributed by atoms with van der Waals surface area (Å²) in [5.41, 5.74) is 1.20. The van der Waals surface area contributed by atoms with Gasteiger partial charge in [0.2, 0.25) is 0 Å². The molecular formula is C13H17N5. The van der Waals surface area contributed by atoms with E-state index in [1.807, 2.05) is 12.3 Å². The highest BCUT2D eigenvalue weighted by Crippen LogP contribution is 2.12. The maximum atomic E-state index is 4.41. The van der Waals surface area contributed by atoms with Gasteiger partial charge in [0.05, 0.1) is 18.3 Å². The number of hydrogen-bond donors (Lipinski definition) is 2. The Kier molecular flexibility index (Phi) is 3.12. The number of rotatable bonds is 4. The van der Waals surface area contributed by atoms with Crippen LogP contribution in [0.15, 0.2) is 35.5 Å². The molecule has 0 amide bonds. The molecule has 0 atom stereocenters. The Morgan fingerprint density at radius 1 is 1.33 bits per heavy atom. The third kappa shape index (κ3) is 2.30. The van der Waals surface area contributed by atoms with Crippen LogP contribution in [0.2, 0.25) is 0 Å². The third-order valence-corrected chi connectivity index (χ3v) is 3.06. The predicted octanol–water partition coefficient (Wildman–Crippen LogP) is 0.975. The van der Waals surface area contributed by atoms with E-state index in [9.17, 15) is 0 Å². The van der Waals surface area contributed by atoms with Crippen molar-refractivity contribution in [2.75, 3.05) is 19.6 Å². The largest absolute Gasteiger partial charge is 0.356 e. The van der Waals surface area contributed by atoms with Gasteiger partial charge in [-0.05, 0) is 12.5 Å². The molecule has 0 fully saturated rings. The van der Waals surface area contributed by atoms with Crippen LogP contribution in [0.5, 0.6) is 0 Å².